The van der Waals surface area contributed by atoms with E-state index in [0.29, 0.717) is 5.75 Å². The van der Waals surface area contributed by atoms with Crippen molar-refractivity contribution in [3.63, 3.8) is 0 Å². The SMILES string of the molecule is CCNCc1ccc(N2CCSCC2S(C)(=O)=O)c(Br)c1. The lowest BCUT2D eigenvalue weighted by Gasteiger charge is -2.36. The van der Waals surface area contributed by atoms with Crippen LogP contribution in [0, 0.1) is 0 Å². The third kappa shape index (κ3) is 4.37. The highest BCUT2D eigenvalue weighted by atomic mass is 79.9. The predicted octanol–water partition coefficient (Wildman–Crippen LogP) is 2.48. The Labute approximate surface area is 139 Å². The van der Waals surface area contributed by atoms with E-state index in [-0.39, 0.29) is 0 Å². The van der Waals surface area contributed by atoms with Crippen molar-refractivity contribution in [2.24, 2.45) is 0 Å². The molecule has 0 amide bonds. The average molecular weight is 393 g/mol. The first-order valence-electron chi connectivity index (χ1n) is 6.96. The molecule has 0 radical (unpaired) electrons. The second-order valence-electron chi connectivity index (χ2n) is 5.12. The van der Waals surface area contributed by atoms with Crippen LogP contribution < -0.4 is 10.2 Å². The lowest BCUT2D eigenvalue weighted by molar-refractivity contribution is 0.584. The van der Waals surface area contributed by atoms with Gasteiger partial charge in [0.15, 0.2) is 9.84 Å². The third-order valence-electron chi connectivity index (χ3n) is 3.48. The van der Waals surface area contributed by atoms with E-state index < -0.39 is 15.2 Å². The molecule has 0 saturated carbocycles. The van der Waals surface area contributed by atoms with Crippen molar-refractivity contribution in [1.82, 2.24) is 5.32 Å². The van der Waals surface area contributed by atoms with Crippen molar-refractivity contribution in [1.29, 1.82) is 0 Å². The molecule has 0 bridgehead atoms. The Hall–Kier alpha value is -0.240. The maximum Gasteiger partial charge on any atom is 0.169 e. The van der Waals surface area contributed by atoms with Crippen molar-refractivity contribution in [2.75, 3.05) is 35.8 Å². The van der Waals surface area contributed by atoms with E-state index >= 15 is 0 Å². The normalized spacial score (nSPS) is 19.8. The summed E-state index contributed by atoms with van der Waals surface area (Å²) in [6, 6.07) is 6.15. The van der Waals surface area contributed by atoms with E-state index in [1.807, 2.05) is 11.0 Å². The number of thioether (sulfide) groups is 1. The van der Waals surface area contributed by atoms with Crippen LogP contribution >= 0.6 is 27.7 Å². The molecule has 0 spiro atoms. The number of halogens is 1. The summed E-state index contributed by atoms with van der Waals surface area (Å²) >= 11 is 5.30. The molecule has 1 heterocycles. The van der Waals surface area contributed by atoms with Gasteiger partial charge >= 0.3 is 0 Å². The molecule has 1 atom stereocenters. The fourth-order valence-corrected chi connectivity index (χ4v) is 5.86. The van der Waals surface area contributed by atoms with Crippen molar-refractivity contribution in [3.05, 3.63) is 28.2 Å². The Morgan fingerprint density at radius 3 is 2.86 bits per heavy atom. The van der Waals surface area contributed by atoms with Gasteiger partial charge in [0.2, 0.25) is 0 Å². The molecule has 0 aromatic heterocycles. The van der Waals surface area contributed by atoms with E-state index in [2.05, 4.69) is 40.3 Å². The zero-order chi connectivity index (χ0) is 15.5. The van der Waals surface area contributed by atoms with E-state index in [4.69, 9.17) is 0 Å². The topological polar surface area (TPSA) is 49.4 Å². The molecule has 118 valence electrons. The summed E-state index contributed by atoms with van der Waals surface area (Å²) < 4.78 is 25.0. The highest BCUT2D eigenvalue weighted by Gasteiger charge is 2.32. The minimum Gasteiger partial charge on any atom is -0.353 e. The van der Waals surface area contributed by atoms with E-state index in [1.54, 1.807) is 11.8 Å². The van der Waals surface area contributed by atoms with Crippen LogP contribution in [0.2, 0.25) is 0 Å². The summed E-state index contributed by atoms with van der Waals surface area (Å²) in [4.78, 5) is 2.01. The number of hydrogen-bond acceptors (Lipinski definition) is 5. The van der Waals surface area contributed by atoms with Crippen LogP contribution in [0.3, 0.4) is 0 Å². The van der Waals surface area contributed by atoms with Gasteiger partial charge in [-0.05, 0) is 40.2 Å². The maximum absolute atomic E-state index is 12.0. The highest BCUT2D eigenvalue weighted by molar-refractivity contribution is 9.10. The summed E-state index contributed by atoms with van der Waals surface area (Å²) in [5.74, 6) is 1.59. The van der Waals surface area contributed by atoms with Crippen molar-refractivity contribution < 1.29 is 8.42 Å². The van der Waals surface area contributed by atoms with Gasteiger partial charge in [0.25, 0.3) is 0 Å². The Morgan fingerprint density at radius 1 is 1.48 bits per heavy atom. The van der Waals surface area contributed by atoms with E-state index in [0.717, 1.165) is 35.5 Å². The molecular formula is C14H21BrN2O2S2. The van der Waals surface area contributed by atoms with Crippen LogP contribution in [0.4, 0.5) is 5.69 Å². The maximum atomic E-state index is 12.0. The number of nitrogens with zero attached hydrogens (tertiary/aromatic N) is 1. The van der Waals surface area contributed by atoms with Crippen LogP contribution in [0.25, 0.3) is 0 Å². The molecule has 1 unspecified atom stereocenters. The average Bonchev–Trinajstić information content (AvgIpc) is 2.44. The fraction of sp³-hybridized carbons (Fsp3) is 0.571. The third-order valence-corrected chi connectivity index (χ3v) is 6.76. The molecule has 0 aliphatic carbocycles. The molecule has 2 rings (SSSR count). The molecule has 1 N–H and O–H groups in total. The molecule has 7 heteroatoms. The second kappa shape index (κ2) is 7.35. The van der Waals surface area contributed by atoms with Gasteiger partial charge in [0, 0.05) is 35.3 Å². The fourth-order valence-electron chi connectivity index (χ4n) is 2.37. The van der Waals surface area contributed by atoms with Crippen molar-refractivity contribution in [3.8, 4) is 0 Å². The largest absolute Gasteiger partial charge is 0.353 e. The molecular weight excluding hydrogens is 372 g/mol. The smallest absolute Gasteiger partial charge is 0.169 e. The Balaban J connectivity index is 2.27. The summed E-state index contributed by atoms with van der Waals surface area (Å²) in [5, 5.41) is 2.85. The van der Waals surface area contributed by atoms with E-state index in [9.17, 15) is 8.42 Å². The molecule has 1 fully saturated rings. The molecule has 21 heavy (non-hydrogen) atoms. The molecule has 1 aliphatic heterocycles. The van der Waals surface area contributed by atoms with Crippen LogP contribution in [-0.4, -0.2) is 44.6 Å². The zero-order valence-corrected chi connectivity index (χ0v) is 15.5. The van der Waals surface area contributed by atoms with Gasteiger partial charge in [-0.25, -0.2) is 8.42 Å². The van der Waals surface area contributed by atoms with Gasteiger partial charge in [0.05, 0.1) is 5.69 Å². The summed E-state index contributed by atoms with van der Waals surface area (Å²) in [7, 11) is -3.09. The van der Waals surface area contributed by atoms with Gasteiger partial charge in [-0.1, -0.05) is 13.0 Å². The Morgan fingerprint density at radius 2 is 2.24 bits per heavy atom. The molecule has 1 saturated heterocycles. The zero-order valence-electron chi connectivity index (χ0n) is 12.3. The number of nitrogens with one attached hydrogen (secondary N) is 1. The van der Waals surface area contributed by atoms with Crippen molar-refractivity contribution in [2.45, 2.75) is 18.8 Å². The van der Waals surface area contributed by atoms with Gasteiger partial charge < -0.3 is 10.2 Å². The van der Waals surface area contributed by atoms with Crippen LogP contribution in [0.5, 0.6) is 0 Å². The molecule has 4 nitrogen and oxygen atoms in total. The number of hydrogen-bond donors (Lipinski definition) is 1. The van der Waals surface area contributed by atoms with Gasteiger partial charge in [0.1, 0.15) is 5.37 Å². The second-order valence-corrected chi connectivity index (χ2v) is 9.33. The number of rotatable bonds is 5. The first-order valence-corrected chi connectivity index (χ1v) is 10.9. The minimum atomic E-state index is -3.09. The number of benzene rings is 1. The van der Waals surface area contributed by atoms with Crippen LogP contribution in [0.1, 0.15) is 12.5 Å². The first kappa shape index (κ1) is 17.1. The molecule has 1 aliphatic rings. The number of anilines is 1. The predicted molar refractivity (Wildman–Crippen MR) is 94.8 cm³/mol. The summed E-state index contributed by atoms with van der Waals surface area (Å²) in [6.45, 7) is 4.58. The Kier molecular flexibility index (Phi) is 5.99. The van der Waals surface area contributed by atoms with Gasteiger partial charge in [-0.3, -0.25) is 0 Å². The summed E-state index contributed by atoms with van der Waals surface area (Å²) in [6.07, 6.45) is 1.32. The lowest BCUT2D eigenvalue weighted by Crippen LogP contribution is -2.47. The van der Waals surface area contributed by atoms with Crippen LogP contribution in [-0.2, 0) is 16.4 Å². The van der Waals surface area contributed by atoms with Crippen LogP contribution in [0.15, 0.2) is 22.7 Å². The number of sulfone groups is 1. The minimum absolute atomic E-state index is 0.438. The standard InChI is InChI=1S/C14H21BrN2O2S2/c1-3-16-9-11-4-5-13(12(15)8-11)17-6-7-20-10-14(17)21(2,18)19/h4-5,8,14,16H,3,6-7,9-10H2,1-2H3. The monoisotopic (exact) mass is 392 g/mol. The van der Waals surface area contributed by atoms with Crippen molar-refractivity contribution >= 4 is 43.2 Å². The highest BCUT2D eigenvalue weighted by Crippen LogP contribution is 2.33. The first-order chi connectivity index (χ1) is 9.93. The molecule has 1 aromatic carbocycles. The van der Waals surface area contributed by atoms with E-state index in [1.165, 1.54) is 11.8 Å². The Bertz CT molecular complexity index is 593. The van der Waals surface area contributed by atoms with Gasteiger partial charge in [-0.15, -0.1) is 0 Å². The molecule has 1 aromatic rings. The van der Waals surface area contributed by atoms with Gasteiger partial charge in [-0.2, -0.15) is 11.8 Å². The summed E-state index contributed by atoms with van der Waals surface area (Å²) in [5.41, 5.74) is 2.15. The quantitative estimate of drug-likeness (QED) is 0.833. The lowest BCUT2D eigenvalue weighted by atomic mass is 10.2.